The molecule has 2 N–H and O–H groups in total. The number of aryl methyl sites for hydroxylation is 1. The second-order valence-electron chi connectivity index (χ2n) is 3.33. The molecular formula is C11H17ClN2O. The number of methoxy groups -OCH3 is 1. The zero-order valence-electron chi connectivity index (χ0n) is 9.36. The second-order valence-corrected chi connectivity index (χ2v) is 3.74. The monoisotopic (exact) mass is 228 g/mol. The number of hydrogen-bond acceptors (Lipinski definition) is 3. The van der Waals surface area contributed by atoms with E-state index in [0.717, 1.165) is 24.3 Å². The van der Waals surface area contributed by atoms with E-state index in [9.17, 15) is 0 Å². The summed E-state index contributed by atoms with van der Waals surface area (Å²) in [5.74, 6) is 0.716. The molecular weight excluding hydrogens is 212 g/mol. The van der Waals surface area contributed by atoms with Crippen molar-refractivity contribution in [1.29, 1.82) is 0 Å². The molecule has 0 aliphatic rings. The maximum absolute atomic E-state index is 6.03. The van der Waals surface area contributed by atoms with Crippen LogP contribution in [0.4, 0.5) is 5.69 Å². The number of rotatable bonds is 5. The lowest BCUT2D eigenvalue weighted by Gasteiger charge is -2.12. The summed E-state index contributed by atoms with van der Waals surface area (Å²) in [5.41, 5.74) is 2.18. The van der Waals surface area contributed by atoms with Crippen LogP contribution in [0.1, 0.15) is 5.56 Å². The van der Waals surface area contributed by atoms with Crippen molar-refractivity contribution < 1.29 is 4.74 Å². The fourth-order valence-corrected chi connectivity index (χ4v) is 1.56. The molecule has 0 spiro atoms. The van der Waals surface area contributed by atoms with E-state index in [-0.39, 0.29) is 0 Å². The first-order valence-corrected chi connectivity index (χ1v) is 5.29. The summed E-state index contributed by atoms with van der Waals surface area (Å²) in [7, 11) is 3.55. The molecule has 15 heavy (non-hydrogen) atoms. The van der Waals surface area contributed by atoms with E-state index in [1.807, 2.05) is 26.1 Å². The van der Waals surface area contributed by atoms with E-state index < -0.39 is 0 Å². The molecule has 84 valence electrons. The Labute approximate surface area is 95.8 Å². The molecule has 0 bridgehead atoms. The highest BCUT2D eigenvalue weighted by Gasteiger charge is 2.05. The average Bonchev–Trinajstić information content (AvgIpc) is 2.23. The van der Waals surface area contributed by atoms with Crippen LogP contribution in [0.5, 0.6) is 5.75 Å². The van der Waals surface area contributed by atoms with Crippen molar-refractivity contribution in [3.05, 3.63) is 22.7 Å². The lowest BCUT2D eigenvalue weighted by molar-refractivity contribution is 0.415. The normalized spacial score (nSPS) is 10.1. The molecule has 0 fully saturated rings. The van der Waals surface area contributed by atoms with Crippen LogP contribution < -0.4 is 15.4 Å². The average molecular weight is 229 g/mol. The highest BCUT2D eigenvalue weighted by atomic mass is 35.5. The molecule has 1 aromatic carbocycles. The Balaban J connectivity index is 2.76. The van der Waals surface area contributed by atoms with Crippen molar-refractivity contribution >= 4 is 17.3 Å². The molecule has 0 heterocycles. The van der Waals surface area contributed by atoms with E-state index >= 15 is 0 Å². The minimum absolute atomic E-state index is 0.634. The summed E-state index contributed by atoms with van der Waals surface area (Å²) >= 11 is 6.03. The van der Waals surface area contributed by atoms with Gasteiger partial charge in [-0.05, 0) is 31.7 Å². The molecule has 0 aromatic heterocycles. The maximum Gasteiger partial charge on any atom is 0.137 e. The lowest BCUT2D eigenvalue weighted by Crippen LogP contribution is -2.18. The molecule has 4 heteroatoms. The second kappa shape index (κ2) is 5.83. The van der Waals surface area contributed by atoms with Gasteiger partial charge in [-0.15, -0.1) is 0 Å². The fourth-order valence-electron chi connectivity index (χ4n) is 1.32. The Morgan fingerprint density at radius 2 is 2.07 bits per heavy atom. The third-order valence-electron chi connectivity index (χ3n) is 2.19. The van der Waals surface area contributed by atoms with Crippen LogP contribution >= 0.6 is 11.6 Å². The lowest BCUT2D eigenvalue weighted by atomic mass is 10.2. The SMILES string of the molecule is CNCCNc1cc(Cl)c(OC)cc1C. The Morgan fingerprint density at radius 3 is 2.67 bits per heavy atom. The van der Waals surface area contributed by atoms with E-state index in [1.54, 1.807) is 7.11 Å². The fraction of sp³-hybridized carbons (Fsp3) is 0.455. The van der Waals surface area contributed by atoms with E-state index in [2.05, 4.69) is 10.6 Å². The smallest absolute Gasteiger partial charge is 0.137 e. The Hall–Kier alpha value is -0.930. The van der Waals surface area contributed by atoms with Crippen LogP contribution in [0.3, 0.4) is 0 Å². The highest BCUT2D eigenvalue weighted by molar-refractivity contribution is 6.32. The van der Waals surface area contributed by atoms with Crippen LogP contribution in [0.2, 0.25) is 5.02 Å². The number of benzene rings is 1. The highest BCUT2D eigenvalue weighted by Crippen LogP contribution is 2.30. The van der Waals surface area contributed by atoms with Crippen molar-refractivity contribution in [2.75, 3.05) is 32.6 Å². The Kier molecular flexibility index (Phi) is 4.72. The van der Waals surface area contributed by atoms with E-state index in [1.165, 1.54) is 0 Å². The van der Waals surface area contributed by atoms with Gasteiger partial charge >= 0.3 is 0 Å². The van der Waals surface area contributed by atoms with Crippen LogP contribution in [0.25, 0.3) is 0 Å². The predicted molar refractivity (Wildman–Crippen MR) is 65.2 cm³/mol. The third-order valence-corrected chi connectivity index (χ3v) is 2.48. The number of hydrogen-bond donors (Lipinski definition) is 2. The molecule has 1 aromatic rings. The maximum atomic E-state index is 6.03. The van der Waals surface area contributed by atoms with Crippen LogP contribution in [-0.2, 0) is 0 Å². The van der Waals surface area contributed by atoms with Crippen molar-refractivity contribution in [3.8, 4) is 5.75 Å². The van der Waals surface area contributed by atoms with Crippen molar-refractivity contribution in [2.24, 2.45) is 0 Å². The first-order valence-electron chi connectivity index (χ1n) is 4.91. The van der Waals surface area contributed by atoms with E-state index in [0.29, 0.717) is 10.8 Å². The molecule has 0 aliphatic heterocycles. The largest absolute Gasteiger partial charge is 0.495 e. The Bertz CT molecular complexity index is 329. The molecule has 0 radical (unpaired) electrons. The van der Waals surface area contributed by atoms with Gasteiger partial charge in [0.05, 0.1) is 12.1 Å². The van der Waals surface area contributed by atoms with Crippen molar-refractivity contribution in [3.63, 3.8) is 0 Å². The van der Waals surface area contributed by atoms with Gasteiger partial charge in [0, 0.05) is 18.8 Å². The van der Waals surface area contributed by atoms with Crippen molar-refractivity contribution in [1.82, 2.24) is 5.32 Å². The first-order chi connectivity index (χ1) is 7.19. The van der Waals surface area contributed by atoms with Gasteiger partial charge in [0.25, 0.3) is 0 Å². The van der Waals surface area contributed by atoms with Gasteiger partial charge in [0.15, 0.2) is 0 Å². The van der Waals surface area contributed by atoms with Gasteiger partial charge in [-0.3, -0.25) is 0 Å². The number of anilines is 1. The van der Waals surface area contributed by atoms with Gasteiger partial charge in [-0.2, -0.15) is 0 Å². The number of halogens is 1. The molecule has 0 atom stereocenters. The summed E-state index contributed by atoms with van der Waals surface area (Å²) in [5, 5.41) is 7.01. The molecule has 0 unspecified atom stereocenters. The van der Waals surface area contributed by atoms with Crippen molar-refractivity contribution in [2.45, 2.75) is 6.92 Å². The standard InChI is InChI=1S/C11H17ClN2O/c1-8-6-11(15-3)9(12)7-10(8)14-5-4-13-2/h6-7,13-14H,4-5H2,1-3H3. The number of nitrogens with one attached hydrogen (secondary N) is 2. The van der Waals surface area contributed by atoms with Gasteiger partial charge < -0.3 is 15.4 Å². The minimum atomic E-state index is 0.634. The number of ether oxygens (including phenoxy) is 1. The summed E-state index contributed by atoms with van der Waals surface area (Å²) in [6.45, 7) is 3.82. The van der Waals surface area contributed by atoms with E-state index in [4.69, 9.17) is 16.3 Å². The number of likely N-dealkylation sites (N-methyl/N-ethyl adjacent to an activating group) is 1. The topological polar surface area (TPSA) is 33.3 Å². The molecule has 1 rings (SSSR count). The molecule has 0 aliphatic carbocycles. The zero-order valence-corrected chi connectivity index (χ0v) is 10.1. The summed E-state index contributed by atoms with van der Waals surface area (Å²) < 4.78 is 5.13. The van der Waals surface area contributed by atoms with Crippen LogP contribution in [0.15, 0.2) is 12.1 Å². The predicted octanol–water partition coefficient (Wildman–Crippen LogP) is 2.29. The molecule has 0 saturated heterocycles. The quantitative estimate of drug-likeness (QED) is 0.759. The summed E-state index contributed by atoms with van der Waals surface area (Å²) in [4.78, 5) is 0. The Morgan fingerprint density at radius 1 is 1.33 bits per heavy atom. The van der Waals surface area contributed by atoms with Gasteiger partial charge in [0.2, 0.25) is 0 Å². The van der Waals surface area contributed by atoms with Crippen LogP contribution in [-0.4, -0.2) is 27.2 Å². The molecule has 0 saturated carbocycles. The minimum Gasteiger partial charge on any atom is -0.495 e. The van der Waals surface area contributed by atoms with Gasteiger partial charge in [-0.25, -0.2) is 0 Å². The van der Waals surface area contributed by atoms with Gasteiger partial charge in [0.1, 0.15) is 5.75 Å². The summed E-state index contributed by atoms with van der Waals surface area (Å²) in [6, 6.07) is 3.83. The van der Waals surface area contributed by atoms with Crippen LogP contribution in [0, 0.1) is 6.92 Å². The zero-order chi connectivity index (χ0) is 11.3. The van der Waals surface area contributed by atoms with Gasteiger partial charge in [-0.1, -0.05) is 11.6 Å². The summed E-state index contributed by atoms with van der Waals surface area (Å²) in [6.07, 6.45) is 0. The third kappa shape index (κ3) is 3.29. The molecule has 0 amide bonds. The molecule has 3 nitrogen and oxygen atoms in total. The first kappa shape index (κ1) is 12.1.